The number of hydrogen-bond acceptors (Lipinski definition) is 6. The van der Waals surface area contributed by atoms with Gasteiger partial charge < -0.3 is 20.4 Å². The van der Waals surface area contributed by atoms with Crippen molar-refractivity contribution in [1.82, 2.24) is 15.3 Å². The van der Waals surface area contributed by atoms with E-state index < -0.39 is 5.60 Å². The van der Waals surface area contributed by atoms with E-state index in [1.54, 1.807) is 0 Å². The summed E-state index contributed by atoms with van der Waals surface area (Å²) in [5, 5.41) is 22.0. The standard InChI is InChI=1S/C18H28N4O3/c1-18(2,25)16(24)20-14-4-3-5-15-13(14)10-19-17(21-15)22-8-6-12(11-23)7-9-22/h10,12,14,23,25H,3-9,11H2,1-2H3,(H,20,24)/t14-/m1/s1. The average Bonchev–Trinajstić information content (AvgIpc) is 2.61. The van der Waals surface area contributed by atoms with Gasteiger partial charge in [0, 0.05) is 31.5 Å². The number of hydrogen-bond donors (Lipinski definition) is 3. The minimum absolute atomic E-state index is 0.142. The Hall–Kier alpha value is -1.73. The monoisotopic (exact) mass is 348 g/mol. The van der Waals surface area contributed by atoms with Crippen molar-refractivity contribution in [3.63, 3.8) is 0 Å². The van der Waals surface area contributed by atoms with Crippen LogP contribution in [0.5, 0.6) is 0 Å². The fourth-order valence-electron chi connectivity index (χ4n) is 3.49. The van der Waals surface area contributed by atoms with Gasteiger partial charge in [-0.15, -0.1) is 0 Å². The minimum Gasteiger partial charge on any atom is -0.396 e. The maximum Gasteiger partial charge on any atom is 0.251 e. The summed E-state index contributed by atoms with van der Waals surface area (Å²) in [6.45, 7) is 4.95. The molecule has 0 aromatic carbocycles. The highest BCUT2D eigenvalue weighted by Crippen LogP contribution is 2.30. The summed E-state index contributed by atoms with van der Waals surface area (Å²) in [4.78, 5) is 23.5. The Bertz CT molecular complexity index is 621. The van der Waals surface area contributed by atoms with Crippen molar-refractivity contribution in [3.8, 4) is 0 Å². The highest BCUT2D eigenvalue weighted by Gasteiger charge is 2.30. The number of carbonyl (C=O) groups excluding carboxylic acids is 1. The van der Waals surface area contributed by atoms with Crippen LogP contribution in [0.2, 0.25) is 0 Å². The van der Waals surface area contributed by atoms with Crippen molar-refractivity contribution in [1.29, 1.82) is 0 Å². The highest BCUT2D eigenvalue weighted by atomic mass is 16.3. The smallest absolute Gasteiger partial charge is 0.251 e. The molecule has 25 heavy (non-hydrogen) atoms. The molecular formula is C18H28N4O3. The van der Waals surface area contributed by atoms with Crippen molar-refractivity contribution >= 4 is 11.9 Å². The molecule has 0 bridgehead atoms. The van der Waals surface area contributed by atoms with E-state index in [9.17, 15) is 15.0 Å². The maximum atomic E-state index is 12.1. The third-order valence-electron chi connectivity index (χ3n) is 5.19. The van der Waals surface area contributed by atoms with Gasteiger partial charge in [0.25, 0.3) is 5.91 Å². The van der Waals surface area contributed by atoms with Crippen LogP contribution in [-0.4, -0.2) is 51.4 Å². The van der Waals surface area contributed by atoms with Gasteiger partial charge in [-0.25, -0.2) is 9.97 Å². The van der Waals surface area contributed by atoms with Gasteiger partial charge in [-0.2, -0.15) is 0 Å². The molecule has 138 valence electrons. The van der Waals surface area contributed by atoms with Crippen LogP contribution in [-0.2, 0) is 11.2 Å². The van der Waals surface area contributed by atoms with Crippen LogP contribution in [0.1, 0.15) is 56.8 Å². The lowest BCUT2D eigenvalue weighted by Gasteiger charge is -2.32. The second kappa shape index (κ2) is 7.25. The molecule has 1 aromatic rings. The molecule has 3 rings (SSSR count). The van der Waals surface area contributed by atoms with Gasteiger partial charge >= 0.3 is 0 Å². The number of aryl methyl sites for hydroxylation is 1. The van der Waals surface area contributed by atoms with Crippen LogP contribution in [0.25, 0.3) is 0 Å². The lowest BCUT2D eigenvalue weighted by molar-refractivity contribution is -0.137. The quantitative estimate of drug-likeness (QED) is 0.749. The molecule has 7 heteroatoms. The molecule has 0 saturated carbocycles. The molecule has 1 amide bonds. The van der Waals surface area contributed by atoms with E-state index in [1.807, 2.05) is 6.20 Å². The number of fused-ring (bicyclic) bond motifs is 1. The first-order chi connectivity index (χ1) is 11.9. The number of rotatable bonds is 4. The predicted molar refractivity (Wildman–Crippen MR) is 94.2 cm³/mol. The zero-order valence-corrected chi connectivity index (χ0v) is 15.0. The van der Waals surface area contributed by atoms with Gasteiger partial charge in [0.05, 0.1) is 11.7 Å². The van der Waals surface area contributed by atoms with Crippen LogP contribution < -0.4 is 10.2 Å². The lowest BCUT2D eigenvalue weighted by atomic mass is 9.91. The van der Waals surface area contributed by atoms with Gasteiger partial charge in [-0.3, -0.25) is 4.79 Å². The Morgan fingerprint density at radius 1 is 1.36 bits per heavy atom. The molecule has 7 nitrogen and oxygen atoms in total. The lowest BCUT2D eigenvalue weighted by Crippen LogP contribution is -2.44. The topological polar surface area (TPSA) is 98.6 Å². The third kappa shape index (κ3) is 4.10. The van der Waals surface area contributed by atoms with E-state index >= 15 is 0 Å². The number of aromatic nitrogens is 2. The Morgan fingerprint density at radius 2 is 2.08 bits per heavy atom. The van der Waals surface area contributed by atoms with Crippen LogP contribution in [0, 0.1) is 5.92 Å². The first-order valence-electron chi connectivity index (χ1n) is 9.13. The number of amides is 1. The van der Waals surface area contributed by atoms with E-state index in [1.165, 1.54) is 13.8 Å². The number of nitrogens with zero attached hydrogens (tertiary/aromatic N) is 3. The Labute approximate surface area is 148 Å². The molecular weight excluding hydrogens is 320 g/mol. The summed E-state index contributed by atoms with van der Waals surface area (Å²) >= 11 is 0. The van der Waals surface area contributed by atoms with Crippen LogP contribution in [0.4, 0.5) is 5.95 Å². The van der Waals surface area contributed by atoms with E-state index in [2.05, 4.69) is 15.2 Å². The van der Waals surface area contributed by atoms with Gasteiger partial charge in [0.1, 0.15) is 5.60 Å². The summed E-state index contributed by atoms with van der Waals surface area (Å²) in [6.07, 6.45) is 6.41. The molecule has 1 aromatic heterocycles. The summed E-state index contributed by atoms with van der Waals surface area (Å²) < 4.78 is 0. The second-order valence-electron chi connectivity index (χ2n) is 7.66. The molecule has 0 radical (unpaired) electrons. The van der Waals surface area contributed by atoms with Crippen LogP contribution in [0.3, 0.4) is 0 Å². The average molecular weight is 348 g/mol. The van der Waals surface area contributed by atoms with E-state index in [-0.39, 0.29) is 18.6 Å². The van der Waals surface area contributed by atoms with Crippen molar-refractivity contribution in [2.45, 2.75) is 57.6 Å². The molecule has 1 aliphatic carbocycles. The molecule has 0 spiro atoms. The molecule has 3 N–H and O–H groups in total. The summed E-state index contributed by atoms with van der Waals surface area (Å²) in [6, 6.07) is -0.142. The predicted octanol–water partition coefficient (Wildman–Crippen LogP) is 0.950. The van der Waals surface area contributed by atoms with Crippen molar-refractivity contribution in [2.24, 2.45) is 5.92 Å². The SMILES string of the molecule is CC(C)(O)C(=O)N[C@@H]1CCCc2nc(N3CCC(CO)CC3)ncc21. The molecule has 1 aliphatic heterocycles. The number of carbonyl (C=O) groups is 1. The number of anilines is 1. The van der Waals surface area contributed by atoms with Crippen molar-refractivity contribution in [2.75, 3.05) is 24.6 Å². The minimum atomic E-state index is -1.39. The molecule has 1 atom stereocenters. The third-order valence-corrected chi connectivity index (χ3v) is 5.19. The van der Waals surface area contributed by atoms with Gasteiger partial charge in [0.2, 0.25) is 5.95 Å². The largest absolute Gasteiger partial charge is 0.396 e. The normalized spacial score (nSPS) is 21.8. The summed E-state index contributed by atoms with van der Waals surface area (Å²) in [7, 11) is 0. The van der Waals surface area contributed by atoms with Gasteiger partial charge in [0.15, 0.2) is 0 Å². The van der Waals surface area contributed by atoms with E-state index in [4.69, 9.17) is 4.98 Å². The highest BCUT2D eigenvalue weighted by molar-refractivity contribution is 5.84. The van der Waals surface area contributed by atoms with E-state index in [0.29, 0.717) is 5.92 Å². The van der Waals surface area contributed by atoms with Gasteiger partial charge in [-0.1, -0.05) is 0 Å². The van der Waals surface area contributed by atoms with Crippen molar-refractivity contribution < 1.29 is 15.0 Å². The van der Waals surface area contributed by atoms with Crippen LogP contribution >= 0.6 is 0 Å². The van der Waals surface area contributed by atoms with Gasteiger partial charge in [-0.05, 0) is 51.9 Å². The first-order valence-corrected chi connectivity index (χ1v) is 9.13. The summed E-state index contributed by atoms with van der Waals surface area (Å²) in [5.74, 6) is 0.750. The molecule has 1 saturated heterocycles. The summed E-state index contributed by atoms with van der Waals surface area (Å²) in [5.41, 5.74) is 0.551. The fraction of sp³-hybridized carbons (Fsp3) is 0.722. The van der Waals surface area contributed by atoms with Crippen LogP contribution in [0.15, 0.2) is 6.20 Å². The molecule has 0 unspecified atom stereocenters. The number of aliphatic hydroxyl groups is 2. The Balaban J connectivity index is 1.73. The molecule has 2 aliphatic rings. The number of nitrogens with one attached hydrogen (secondary N) is 1. The first kappa shape index (κ1) is 18.1. The van der Waals surface area contributed by atoms with E-state index in [0.717, 1.165) is 62.4 Å². The second-order valence-corrected chi connectivity index (χ2v) is 7.66. The fourth-order valence-corrected chi connectivity index (χ4v) is 3.49. The Morgan fingerprint density at radius 3 is 2.72 bits per heavy atom. The Kier molecular flexibility index (Phi) is 5.24. The molecule has 2 heterocycles. The zero-order valence-electron chi connectivity index (χ0n) is 15.0. The van der Waals surface area contributed by atoms with Crippen molar-refractivity contribution in [3.05, 3.63) is 17.5 Å². The number of piperidine rings is 1. The maximum absolute atomic E-state index is 12.1. The molecule has 1 fully saturated rings. The number of aliphatic hydroxyl groups excluding tert-OH is 1. The zero-order chi connectivity index (χ0) is 18.0.